The van der Waals surface area contributed by atoms with Crippen LogP contribution < -0.4 is 0 Å². The molecule has 0 aliphatic heterocycles. The van der Waals surface area contributed by atoms with Gasteiger partial charge in [-0.1, -0.05) is 53.6 Å². The molecule has 0 spiro atoms. The van der Waals surface area contributed by atoms with Gasteiger partial charge in [-0.25, -0.2) is 0 Å². The molecule has 8 nitrogen and oxygen atoms in total. The summed E-state index contributed by atoms with van der Waals surface area (Å²) < 4.78 is 0. The van der Waals surface area contributed by atoms with Crippen LogP contribution in [0.5, 0.6) is 34.5 Å². The van der Waals surface area contributed by atoms with Crippen LogP contribution in [0.4, 0.5) is 0 Å². The first-order valence-electron chi connectivity index (χ1n) is 13.1. The summed E-state index contributed by atoms with van der Waals surface area (Å²) in [4.78, 5) is 25.3. The Morgan fingerprint density at radius 1 is 0.585 bits per heavy atom. The average Bonchev–Trinajstić information content (AvgIpc) is 2.87. The number of hydrogen-bond donors (Lipinski definition) is 6. The third-order valence-electron chi connectivity index (χ3n) is 6.95. The molecule has 0 saturated carbocycles. The lowest BCUT2D eigenvalue weighted by Gasteiger charge is -2.27. The zero-order valence-electron chi connectivity index (χ0n) is 24.0. The summed E-state index contributed by atoms with van der Waals surface area (Å²) in [6.45, 7) is 9.57. The number of carbonyl (C=O) groups excluding carboxylic acids is 2. The topological polar surface area (TPSA) is 156 Å². The van der Waals surface area contributed by atoms with Crippen molar-refractivity contribution in [1.82, 2.24) is 0 Å². The number of benzene rings is 3. The Kier molecular flexibility index (Phi) is 9.17. The normalized spacial score (nSPS) is 10.9. The third kappa shape index (κ3) is 5.91. The summed E-state index contributed by atoms with van der Waals surface area (Å²) in [6.07, 6.45) is 3.45. The molecule has 8 heteroatoms. The number of allylic oxidation sites excluding steroid dienone is 4. The van der Waals surface area contributed by atoms with Gasteiger partial charge >= 0.3 is 0 Å². The summed E-state index contributed by atoms with van der Waals surface area (Å²) in [5.41, 5.74) is 0.600. The number of hydrogen-bond acceptors (Lipinski definition) is 8. The molecule has 0 amide bonds. The minimum atomic E-state index is -1.34. The fourth-order valence-electron chi connectivity index (χ4n) is 4.91. The van der Waals surface area contributed by atoms with Crippen LogP contribution in [0.1, 0.15) is 96.0 Å². The first-order valence-corrected chi connectivity index (χ1v) is 13.1. The van der Waals surface area contributed by atoms with Gasteiger partial charge in [0.1, 0.15) is 45.6 Å². The van der Waals surface area contributed by atoms with E-state index in [0.717, 1.165) is 25.0 Å². The van der Waals surface area contributed by atoms with E-state index in [-0.39, 0.29) is 35.1 Å². The SMILES string of the molecule is CC(=O)c1c(O)c(CC=C(C)C)c(O)c(C(c2ccccc2)c2c(O)c(CC=C(C)C)c(O)c(C(C)=O)c2O)c1O. The number of aromatic hydroxyl groups is 6. The summed E-state index contributed by atoms with van der Waals surface area (Å²) in [7, 11) is 0. The monoisotopic (exact) mass is 560 g/mol. The van der Waals surface area contributed by atoms with Gasteiger partial charge in [-0.3, -0.25) is 9.59 Å². The highest BCUT2D eigenvalue weighted by Gasteiger charge is 2.37. The first kappa shape index (κ1) is 30.8. The molecule has 0 atom stereocenters. The Morgan fingerprint density at radius 3 is 1.27 bits per heavy atom. The van der Waals surface area contributed by atoms with Crippen molar-refractivity contribution in [2.75, 3.05) is 0 Å². The van der Waals surface area contributed by atoms with Crippen LogP contribution >= 0.6 is 0 Å². The molecule has 0 unspecified atom stereocenters. The number of Topliss-reactive ketones (excluding diaryl/α,β-unsaturated/α-hetero) is 2. The van der Waals surface area contributed by atoms with E-state index in [1.165, 1.54) is 0 Å². The van der Waals surface area contributed by atoms with Crippen LogP contribution in [-0.2, 0) is 12.8 Å². The van der Waals surface area contributed by atoms with E-state index in [1.54, 1.807) is 42.5 Å². The Hall–Kier alpha value is -4.72. The second-order valence-electron chi connectivity index (χ2n) is 10.6. The maximum atomic E-state index is 12.7. The van der Waals surface area contributed by atoms with Crippen LogP contribution in [0.3, 0.4) is 0 Å². The number of ketones is 2. The van der Waals surface area contributed by atoms with Crippen molar-refractivity contribution in [3.63, 3.8) is 0 Å². The van der Waals surface area contributed by atoms with Gasteiger partial charge in [-0.15, -0.1) is 0 Å². The van der Waals surface area contributed by atoms with Crippen LogP contribution in [-0.4, -0.2) is 42.2 Å². The standard InChI is InChI=1S/C33H36O8/c1-16(2)12-14-21-28(36)23(18(5)34)32(40)26(30(21)38)25(20-10-8-7-9-11-20)27-31(39)22(15-13-17(3)4)29(37)24(19(6)35)33(27)41/h7-13,25,36-41H,14-15H2,1-6H3. The molecule has 3 aromatic rings. The quantitative estimate of drug-likeness (QED) is 0.0981. The van der Waals surface area contributed by atoms with Gasteiger partial charge in [0, 0.05) is 28.2 Å². The van der Waals surface area contributed by atoms with Crippen LogP contribution in [0.25, 0.3) is 0 Å². The van der Waals surface area contributed by atoms with Crippen LogP contribution in [0.15, 0.2) is 53.6 Å². The molecule has 0 saturated heterocycles. The van der Waals surface area contributed by atoms with Gasteiger partial charge < -0.3 is 30.6 Å². The van der Waals surface area contributed by atoms with Crippen molar-refractivity contribution < 1.29 is 40.2 Å². The second-order valence-corrected chi connectivity index (χ2v) is 10.6. The van der Waals surface area contributed by atoms with E-state index in [9.17, 15) is 40.2 Å². The average molecular weight is 561 g/mol. The van der Waals surface area contributed by atoms with Crippen molar-refractivity contribution in [3.05, 3.63) is 92.6 Å². The van der Waals surface area contributed by atoms with Gasteiger partial charge in [0.25, 0.3) is 0 Å². The molecule has 41 heavy (non-hydrogen) atoms. The van der Waals surface area contributed by atoms with E-state index in [4.69, 9.17) is 0 Å². The van der Waals surface area contributed by atoms with Crippen LogP contribution in [0.2, 0.25) is 0 Å². The molecule has 3 aromatic carbocycles. The zero-order chi connectivity index (χ0) is 30.8. The summed E-state index contributed by atoms with van der Waals surface area (Å²) in [5, 5.41) is 67.9. The molecule has 0 fully saturated rings. The van der Waals surface area contributed by atoms with Crippen LogP contribution in [0, 0.1) is 0 Å². The highest BCUT2D eigenvalue weighted by Crippen LogP contribution is 2.55. The minimum absolute atomic E-state index is 0.00707. The number of carbonyl (C=O) groups is 2. The fourth-order valence-corrected chi connectivity index (χ4v) is 4.91. The molecule has 0 radical (unpaired) electrons. The third-order valence-corrected chi connectivity index (χ3v) is 6.95. The van der Waals surface area contributed by atoms with Crippen molar-refractivity contribution in [1.29, 1.82) is 0 Å². The van der Waals surface area contributed by atoms with Gasteiger partial charge in [0.2, 0.25) is 0 Å². The second kappa shape index (κ2) is 12.2. The minimum Gasteiger partial charge on any atom is -0.507 e. The van der Waals surface area contributed by atoms with E-state index < -0.39 is 63.1 Å². The first-order chi connectivity index (χ1) is 19.2. The van der Waals surface area contributed by atoms with Gasteiger partial charge in [-0.2, -0.15) is 0 Å². The predicted molar refractivity (Wildman–Crippen MR) is 157 cm³/mol. The summed E-state index contributed by atoms with van der Waals surface area (Å²) in [6, 6.07) is 8.29. The highest BCUT2D eigenvalue weighted by atomic mass is 16.3. The molecule has 3 rings (SSSR count). The van der Waals surface area contributed by atoms with E-state index in [1.807, 2.05) is 27.7 Å². The van der Waals surface area contributed by atoms with E-state index in [2.05, 4.69) is 0 Å². The molecular weight excluding hydrogens is 524 g/mol. The van der Waals surface area contributed by atoms with E-state index >= 15 is 0 Å². The Morgan fingerprint density at radius 2 is 0.951 bits per heavy atom. The molecule has 216 valence electrons. The lowest BCUT2D eigenvalue weighted by Crippen LogP contribution is -2.12. The predicted octanol–water partition coefficient (Wildman–Crippen LogP) is 6.52. The van der Waals surface area contributed by atoms with E-state index in [0.29, 0.717) is 5.56 Å². The largest absolute Gasteiger partial charge is 0.507 e. The van der Waals surface area contributed by atoms with Gasteiger partial charge in [-0.05, 0) is 59.9 Å². The van der Waals surface area contributed by atoms with Crippen molar-refractivity contribution in [2.24, 2.45) is 0 Å². The van der Waals surface area contributed by atoms with Gasteiger partial charge in [0.15, 0.2) is 11.6 Å². The van der Waals surface area contributed by atoms with Crippen molar-refractivity contribution in [3.8, 4) is 34.5 Å². The maximum absolute atomic E-state index is 12.7. The number of phenolic OH excluding ortho intramolecular Hbond substituents is 6. The molecule has 0 aromatic heterocycles. The zero-order valence-corrected chi connectivity index (χ0v) is 24.0. The molecule has 0 aliphatic rings. The number of rotatable bonds is 9. The van der Waals surface area contributed by atoms with Crippen molar-refractivity contribution in [2.45, 2.75) is 60.3 Å². The number of phenols is 6. The molecule has 0 bridgehead atoms. The lowest BCUT2D eigenvalue weighted by molar-refractivity contribution is 0.0998. The Labute approximate surface area is 239 Å². The summed E-state index contributed by atoms with van der Waals surface area (Å²) >= 11 is 0. The Balaban J connectivity index is 2.61. The molecule has 0 heterocycles. The van der Waals surface area contributed by atoms with Gasteiger partial charge in [0.05, 0.1) is 0 Å². The fraction of sp³-hybridized carbons (Fsp3) is 0.273. The Bertz CT molecular complexity index is 1470. The molecule has 0 aliphatic carbocycles. The maximum Gasteiger partial charge on any atom is 0.167 e. The lowest BCUT2D eigenvalue weighted by atomic mass is 9.78. The molecule has 6 N–H and O–H groups in total. The highest BCUT2D eigenvalue weighted by molar-refractivity contribution is 6.02. The van der Waals surface area contributed by atoms with Crippen molar-refractivity contribution >= 4 is 11.6 Å². The smallest absolute Gasteiger partial charge is 0.167 e. The molecular formula is C33H36O8. The summed E-state index contributed by atoms with van der Waals surface area (Å²) in [5.74, 6) is -6.49.